The molecule has 4 N–H and O–H groups in total. The van der Waals surface area contributed by atoms with Gasteiger partial charge < -0.3 is 24.1 Å². The predicted molar refractivity (Wildman–Crippen MR) is 74.0 cm³/mol. The minimum atomic E-state index is -0.243. The van der Waals surface area contributed by atoms with Crippen LogP contribution in [0.5, 0.6) is 0 Å². The van der Waals surface area contributed by atoms with Crippen LogP contribution in [0.2, 0.25) is 0 Å². The van der Waals surface area contributed by atoms with Crippen molar-refractivity contribution in [1.82, 2.24) is 4.90 Å². The lowest BCUT2D eigenvalue weighted by Crippen LogP contribution is -2.36. The lowest BCUT2D eigenvalue weighted by molar-refractivity contribution is 0.297. The summed E-state index contributed by atoms with van der Waals surface area (Å²) in [6.45, 7) is 10.7. The molecular formula is C11H25N4S-. The number of rotatable bonds is 8. The summed E-state index contributed by atoms with van der Waals surface area (Å²) in [5.74, 6) is 0. The molecular weight excluding hydrogens is 220 g/mol. The van der Waals surface area contributed by atoms with Gasteiger partial charge in [-0.3, -0.25) is 9.89 Å². The van der Waals surface area contributed by atoms with E-state index < -0.39 is 0 Å². The van der Waals surface area contributed by atoms with E-state index in [0.29, 0.717) is 13.1 Å². The van der Waals surface area contributed by atoms with Crippen LogP contribution in [0.15, 0.2) is 4.99 Å². The Bertz CT molecular complexity index is 205. The molecule has 0 fully saturated rings. The first-order chi connectivity index (χ1) is 7.41. The quantitative estimate of drug-likeness (QED) is 0.466. The average Bonchev–Trinajstić information content (AvgIpc) is 2.16. The largest absolute Gasteiger partial charge is 0.781 e. The van der Waals surface area contributed by atoms with Gasteiger partial charge in [0.1, 0.15) is 0 Å². The molecule has 0 unspecified atom stereocenters. The molecule has 0 saturated heterocycles. The van der Waals surface area contributed by atoms with E-state index in [2.05, 4.69) is 9.89 Å². The van der Waals surface area contributed by atoms with E-state index in [1.165, 1.54) is 0 Å². The monoisotopic (exact) mass is 245 g/mol. The Morgan fingerprint density at radius 3 is 2.06 bits per heavy atom. The van der Waals surface area contributed by atoms with Crippen molar-refractivity contribution < 1.29 is 0 Å². The Morgan fingerprint density at radius 2 is 1.69 bits per heavy atom. The molecule has 0 radical (unpaired) electrons. The maximum Gasteiger partial charge on any atom is 0.0515 e. The highest BCUT2D eigenvalue weighted by molar-refractivity contribution is 7.61. The zero-order valence-corrected chi connectivity index (χ0v) is 11.5. The smallest absolute Gasteiger partial charge is 0.0515 e. The van der Waals surface area contributed by atoms with Gasteiger partial charge in [-0.2, -0.15) is 0 Å². The Labute approximate surface area is 105 Å². The van der Waals surface area contributed by atoms with Crippen molar-refractivity contribution in [3.63, 3.8) is 0 Å². The summed E-state index contributed by atoms with van der Waals surface area (Å²) in [5, 5.41) is 0. The zero-order valence-electron chi connectivity index (χ0n) is 10.7. The molecule has 0 rings (SSSR count). The lowest BCUT2D eigenvalue weighted by Gasteiger charge is -2.32. The van der Waals surface area contributed by atoms with Crippen LogP contribution in [0.4, 0.5) is 0 Å². The van der Waals surface area contributed by atoms with Gasteiger partial charge >= 0.3 is 0 Å². The molecule has 0 saturated carbocycles. The molecule has 0 spiro atoms. The van der Waals surface area contributed by atoms with Crippen molar-refractivity contribution in [3.05, 3.63) is 0 Å². The summed E-state index contributed by atoms with van der Waals surface area (Å²) < 4.78 is -0.243. The van der Waals surface area contributed by atoms with Gasteiger partial charge in [0.05, 0.1) is 6.54 Å². The van der Waals surface area contributed by atoms with Crippen LogP contribution in [0.3, 0.4) is 0 Å². The van der Waals surface area contributed by atoms with Gasteiger partial charge in [-0.15, -0.1) is 4.75 Å². The Balaban J connectivity index is 4.01. The predicted octanol–water partition coefficient (Wildman–Crippen LogP) is -0.00780. The number of hydrogen-bond acceptors (Lipinski definition) is 5. The molecule has 0 aliphatic carbocycles. The molecule has 0 amide bonds. The van der Waals surface area contributed by atoms with Gasteiger partial charge in [0.15, 0.2) is 0 Å². The molecule has 0 aromatic rings. The second kappa shape index (κ2) is 8.06. The fraction of sp³-hybridized carbons (Fsp3) is 0.909. The maximum absolute atomic E-state index is 5.53. The van der Waals surface area contributed by atoms with Crippen LogP contribution in [0.1, 0.15) is 20.8 Å². The normalized spacial score (nSPS) is 13.6. The minimum Gasteiger partial charge on any atom is -0.781 e. The van der Waals surface area contributed by atoms with Gasteiger partial charge in [0.25, 0.3) is 0 Å². The second-order valence-electron chi connectivity index (χ2n) is 4.40. The van der Waals surface area contributed by atoms with Gasteiger partial charge in [0.2, 0.25) is 0 Å². The van der Waals surface area contributed by atoms with E-state index in [1.54, 1.807) is 0 Å². The molecule has 96 valence electrons. The zero-order chi connectivity index (χ0) is 12.6. The fourth-order valence-corrected chi connectivity index (χ4v) is 1.31. The molecule has 4 nitrogen and oxygen atoms in total. The van der Waals surface area contributed by atoms with Crippen molar-refractivity contribution in [2.45, 2.75) is 25.5 Å². The first kappa shape index (κ1) is 15.9. The maximum atomic E-state index is 5.53. The lowest BCUT2D eigenvalue weighted by atomic mass is 10.1. The summed E-state index contributed by atoms with van der Waals surface area (Å²) in [4.78, 5) is 6.72. The Kier molecular flexibility index (Phi) is 8.01. The van der Waals surface area contributed by atoms with Crippen molar-refractivity contribution in [3.8, 4) is 0 Å². The fourth-order valence-electron chi connectivity index (χ4n) is 1.25. The van der Waals surface area contributed by atoms with Crippen LogP contribution >= 0.6 is 0 Å². The molecule has 0 heterocycles. The summed E-state index contributed by atoms with van der Waals surface area (Å²) in [6.07, 6.45) is 0. The van der Waals surface area contributed by atoms with E-state index in [1.807, 2.05) is 20.8 Å². The van der Waals surface area contributed by atoms with E-state index >= 15 is 0 Å². The van der Waals surface area contributed by atoms with Crippen molar-refractivity contribution in [2.24, 2.45) is 16.5 Å². The van der Waals surface area contributed by atoms with Crippen LogP contribution in [0.25, 0.3) is 0 Å². The average molecular weight is 245 g/mol. The summed E-state index contributed by atoms with van der Waals surface area (Å²) in [5.41, 5.74) is 12.1. The van der Waals surface area contributed by atoms with Crippen LogP contribution in [-0.2, 0) is 12.6 Å². The van der Waals surface area contributed by atoms with Crippen molar-refractivity contribution in [2.75, 3.05) is 39.3 Å². The van der Waals surface area contributed by atoms with Gasteiger partial charge in [0, 0.05) is 32.7 Å². The van der Waals surface area contributed by atoms with E-state index in [-0.39, 0.29) is 4.75 Å². The third-order valence-electron chi connectivity index (χ3n) is 2.53. The number of aliphatic imine (C=N–C) groups is 1. The number of nitrogens with zero attached hydrogens (tertiary/aromatic N) is 2. The summed E-state index contributed by atoms with van der Waals surface area (Å²) in [6, 6.07) is 0. The highest BCUT2D eigenvalue weighted by atomic mass is 32.1. The van der Waals surface area contributed by atoms with Gasteiger partial charge in [-0.25, -0.2) is 0 Å². The second-order valence-corrected chi connectivity index (χ2v) is 5.42. The molecule has 0 aliphatic heterocycles. The van der Waals surface area contributed by atoms with E-state index in [9.17, 15) is 0 Å². The summed E-state index contributed by atoms with van der Waals surface area (Å²) >= 11 is 5.30. The van der Waals surface area contributed by atoms with Crippen LogP contribution in [0, 0.1) is 0 Å². The molecule has 0 bridgehead atoms. The highest BCUT2D eigenvalue weighted by Gasteiger charge is 2.05. The number of hydrogen-bond donors (Lipinski definition) is 2. The van der Waals surface area contributed by atoms with Crippen molar-refractivity contribution in [1.29, 1.82) is 0 Å². The third kappa shape index (κ3) is 7.22. The molecule has 0 aromatic carbocycles. The van der Waals surface area contributed by atoms with Crippen LogP contribution < -0.4 is 11.5 Å². The van der Waals surface area contributed by atoms with Crippen LogP contribution in [-0.4, -0.2) is 54.6 Å². The molecule has 0 aromatic heterocycles. The SMILES string of the molecule is CC(=NCCN(CCN)CCN)C(C)(C)[S-]. The Morgan fingerprint density at radius 1 is 1.19 bits per heavy atom. The standard InChI is InChI=1S/C11H26N4S/c1-10(11(2,3)16)14-6-9-15(7-4-12)8-5-13/h16H,4-9,12-13H2,1-3H3/p-1. The third-order valence-corrected chi connectivity index (χ3v) is 2.82. The van der Waals surface area contributed by atoms with E-state index in [0.717, 1.165) is 31.9 Å². The topological polar surface area (TPSA) is 67.6 Å². The van der Waals surface area contributed by atoms with Gasteiger partial charge in [-0.1, -0.05) is 13.8 Å². The van der Waals surface area contributed by atoms with Gasteiger partial charge in [-0.05, 0) is 12.6 Å². The first-order valence-corrected chi connectivity index (χ1v) is 6.17. The van der Waals surface area contributed by atoms with E-state index in [4.69, 9.17) is 24.1 Å². The summed E-state index contributed by atoms with van der Waals surface area (Å²) in [7, 11) is 0. The molecule has 0 aliphatic rings. The highest BCUT2D eigenvalue weighted by Crippen LogP contribution is 2.06. The number of nitrogens with two attached hydrogens (primary N) is 2. The first-order valence-electron chi connectivity index (χ1n) is 5.76. The molecule has 5 heteroatoms. The van der Waals surface area contributed by atoms with Crippen molar-refractivity contribution >= 4 is 18.3 Å². The molecule has 16 heavy (non-hydrogen) atoms. The molecule has 0 atom stereocenters. The Hall–Kier alpha value is -0.100. The minimum absolute atomic E-state index is 0.243.